The van der Waals surface area contributed by atoms with E-state index in [4.69, 9.17) is 9.84 Å². The Kier molecular flexibility index (Phi) is 6.70. The second-order valence-electron chi connectivity index (χ2n) is 3.35. The first-order valence-electron chi connectivity index (χ1n) is 5.00. The Morgan fingerprint density at radius 3 is 2.33 bits per heavy atom. The second kappa shape index (κ2) is 7.23. The third-order valence-electron chi connectivity index (χ3n) is 1.73. The van der Waals surface area contributed by atoms with Crippen LogP contribution < -0.4 is 0 Å². The van der Waals surface area contributed by atoms with Gasteiger partial charge in [0.15, 0.2) is 5.92 Å². The Morgan fingerprint density at radius 1 is 1.33 bits per heavy atom. The van der Waals surface area contributed by atoms with E-state index in [-0.39, 0.29) is 25.7 Å². The fourth-order valence-electron chi connectivity index (χ4n) is 1.01. The van der Waals surface area contributed by atoms with Crippen molar-refractivity contribution in [1.29, 1.82) is 0 Å². The first-order valence-corrected chi connectivity index (χ1v) is 5.00. The molecule has 5 heteroatoms. The lowest BCUT2D eigenvalue weighted by atomic mass is 10.1. The summed E-state index contributed by atoms with van der Waals surface area (Å²) < 4.78 is 9.83. The summed E-state index contributed by atoms with van der Waals surface area (Å²) in [6, 6.07) is 0. The van der Waals surface area contributed by atoms with Crippen LogP contribution in [-0.4, -0.2) is 36.4 Å². The van der Waals surface area contributed by atoms with Crippen LogP contribution in [0.3, 0.4) is 0 Å². The predicted octanol–water partition coefficient (Wildman–Crippen LogP) is 1.07. The summed E-state index contributed by atoms with van der Waals surface area (Å²) in [4.78, 5) is 21.9. The monoisotopic (exact) mass is 218 g/mol. The summed E-state index contributed by atoms with van der Waals surface area (Å²) in [5.41, 5.74) is 0. The van der Waals surface area contributed by atoms with Crippen molar-refractivity contribution in [3.05, 3.63) is 0 Å². The maximum atomic E-state index is 11.2. The summed E-state index contributed by atoms with van der Waals surface area (Å²) >= 11 is 0. The molecular weight excluding hydrogens is 200 g/mol. The molecule has 0 aromatic rings. The third-order valence-corrected chi connectivity index (χ3v) is 1.73. The Hall–Kier alpha value is -1.10. The van der Waals surface area contributed by atoms with Gasteiger partial charge in [0.1, 0.15) is 0 Å². The molecule has 0 radical (unpaired) electrons. The lowest BCUT2D eigenvalue weighted by Gasteiger charge is -2.12. The van der Waals surface area contributed by atoms with Gasteiger partial charge in [0.2, 0.25) is 0 Å². The minimum absolute atomic E-state index is 0.0293. The van der Waals surface area contributed by atoms with Crippen molar-refractivity contribution in [2.75, 3.05) is 13.2 Å². The van der Waals surface area contributed by atoms with Gasteiger partial charge in [-0.1, -0.05) is 0 Å². The van der Waals surface area contributed by atoms with E-state index >= 15 is 0 Å². The van der Waals surface area contributed by atoms with Gasteiger partial charge in [0.25, 0.3) is 0 Å². The van der Waals surface area contributed by atoms with Gasteiger partial charge in [-0.2, -0.15) is 0 Å². The van der Waals surface area contributed by atoms with Gasteiger partial charge in [-0.15, -0.1) is 0 Å². The van der Waals surface area contributed by atoms with Gasteiger partial charge in [-0.05, 0) is 27.2 Å². The normalized spacial score (nSPS) is 12.5. The number of esters is 1. The van der Waals surface area contributed by atoms with Crippen LogP contribution >= 0.6 is 0 Å². The van der Waals surface area contributed by atoms with Crippen molar-refractivity contribution >= 4 is 11.9 Å². The third kappa shape index (κ3) is 6.06. The van der Waals surface area contributed by atoms with Crippen LogP contribution in [0.15, 0.2) is 0 Å². The molecule has 88 valence electrons. The van der Waals surface area contributed by atoms with Crippen molar-refractivity contribution in [2.45, 2.75) is 33.3 Å². The number of carboxylic acids is 1. The van der Waals surface area contributed by atoms with Crippen LogP contribution in [0.5, 0.6) is 0 Å². The zero-order chi connectivity index (χ0) is 11.8. The molecular formula is C10H18O5. The summed E-state index contributed by atoms with van der Waals surface area (Å²) in [5.74, 6) is -2.98. The Morgan fingerprint density at radius 2 is 1.93 bits per heavy atom. The van der Waals surface area contributed by atoms with Crippen molar-refractivity contribution in [3.63, 3.8) is 0 Å². The lowest BCUT2D eigenvalue weighted by molar-refractivity contribution is -0.159. The molecule has 0 spiro atoms. The second-order valence-corrected chi connectivity index (χ2v) is 3.35. The smallest absolute Gasteiger partial charge is 0.320 e. The fraction of sp³-hybridized carbons (Fsp3) is 0.800. The van der Waals surface area contributed by atoms with Gasteiger partial charge in [0, 0.05) is 6.61 Å². The van der Waals surface area contributed by atoms with E-state index in [0.29, 0.717) is 0 Å². The van der Waals surface area contributed by atoms with Crippen molar-refractivity contribution in [2.24, 2.45) is 5.92 Å². The van der Waals surface area contributed by atoms with Gasteiger partial charge >= 0.3 is 11.9 Å². The van der Waals surface area contributed by atoms with Crippen molar-refractivity contribution < 1.29 is 24.2 Å². The molecule has 0 aliphatic rings. The van der Waals surface area contributed by atoms with E-state index in [0.717, 1.165) is 0 Å². The highest BCUT2D eigenvalue weighted by atomic mass is 16.5. The van der Waals surface area contributed by atoms with Crippen molar-refractivity contribution in [1.82, 2.24) is 0 Å². The van der Waals surface area contributed by atoms with Gasteiger partial charge in [-0.3, -0.25) is 9.59 Å². The van der Waals surface area contributed by atoms with Gasteiger partial charge < -0.3 is 14.6 Å². The minimum Gasteiger partial charge on any atom is -0.481 e. The molecule has 0 saturated carbocycles. The molecule has 0 aromatic heterocycles. The Labute approximate surface area is 89.4 Å². The van der Waals surface area contributed by atoms with E-state index in [9.17, 15) is 9.59 Å². The zero-order valence-electron chi connectivity index (χ0n) is 9.36. The maximum Gasteiger partial charge on any atom is 0.320 e. The molecule has 0 aliphatic heterocycles. The van der Waals surface area contributed by atoms with E-state index in [1.165, 1.54) is 0 Å². The van der Waals surface area contributed by atoms with Crippen LogP contribution in [0.25, 0.3) is 0 Å². The number of carboxylic acid groups (broad SMARTS) is 1. The molecule has 1 atom stereocenters. The van der Waals surface area contributed by atoms with E-state index < -0.39 is 17.9 Å². The summed E-state index contributed by atoms with van der Waals surface area (Å²) in [6.45, 7) is 5.77. The molecule has 0 saturated heterocycles. The highest BCUT2D eigenvalue weighted by molar-refractivity contribution is 5.93. The van der Waals surface area contributed by atoms with E-state index in [1.54, 1.807) is 6.92 Å². The molecule has 5 nitrogen and oxygen atoms in total. The maximum absolute atomic E-state index is 11.2. The first kappa shape index (κ1) is 13.9. The molecule has 0 bridgehead atoms. The standard InChI is InChI=1S/C10H18O5/c1-4-14-10(13)8(9(11)12)5-6-15-7(2)3/h7-8H,4-6H2,1-3H3,(H,11,12). The number of aliphatic carboxylic acids is 1. The SMILES string of the molecule is CCOC(=O)C(CCOC(C)C)C(=O)O. The Balaban J connectivity index is 4.05. The van der Waals surface area contributed by atoms with Crippen LogP contribution in [0.4, 0.5) is 0 Å². The number of carbonyl (C=O) groups excluding carboxylic acids is 1. The molecule has 0 rings (SSSR count). The lowest BCUT2D eigenvalue weighted by Crippen LogP contribution is -2.27. The van der Waals surface area contributed by atoms with Gasteiger partial charge in [-0.25, -0.2) is 0 Å². The molecule has 1 unspecified atom stereocenters. The molecule has 15 heavy (non-hydrogen) atoms. The topological polar surface area (TPSA) is 72.8 Å². The summed E-state index contributed by atoms with van der Waals surface area (Å²) in [5, 5.41) is 8.78. The van der Waals surface area contributed by atoms with Gasteiger partial charge in [0.05, 0.1) is 12.7 Å². The van der Waals surface area contributed by atoms with Crippen LogP contribution in [-0.2, 0) is 19.1 Å². The molecule has 0 fully saturated rings. The van der Waals surface area contributed by atoms with Crippen LogP contribution in [0.2, 0.25) is 0 Å². The average Bonchev–Trinajstić information content (AvgIpc) is 2.11. The van der Waals surface area contributed by atoms with Crippen LogP contribution in [0.1, 0.15) is 27.2 Å². The van der Waals surface area contributed by atoms with Crippen LogP contribution in [0, 0.1) is 5.92 Å². The number of hydrogen-bond acceptors (Lipinski definition) is 4. The molecule has 0 heterocycles. The van der Waals surface area contributed by atoms with E-state index in [2.05, 4.69) is 4.74 Å². The largest absolute Gasteiger partial charge is 0.481 e. The van der Waals surface area contributed by atoms with E-state index in [1.807, 2.05) is 13.8 Å². The number of carbonyl (C=O) groups is 2. The number of hydrogen-bond donors (Lipinski definition) is 1. The highest BCUT2D eigenvalue weighted by Gasteiger charge is 2.27. The zero-order valence-corrected chi connectivity index (χ0v) is 9.36. The number of ether oxygens (including phenoxy) is 2. The predicted molar refractivity (Wildman–Crippen MR) is 53.5 cm³/mol. The first-order chi connectivity index (χ1) is 6.99. The average molecular weight is 218 g/mol. The highest BCUT2D eigenvalue weighted by Crippen LogP contribution is 2.07. The molecule has 0 amide bonds. The number of rotatable bonds is 7. The minimum atomic E-state index is -1.17. The quantitative estimate of drug-likeness (QED) is 0.511. The fourth-order valence-corrected chi connectivity index (χ4v) is 1.01. The molecule has 0 aliphatic carbocycles. The summed E-state index contributed by atoms with van der Waals surface area (Å²) in [7, 11) is 0. The Bertz CT molecular complexity index is 212. The molecule has 1 N–H and O–H groups in total. The molecule has 0 aromatic carbocycles. The van der Waals surface area contributed by atoms with Crippen molar-refractivity contribution in [3.8, 4) is 0 Å². The summed E-state index contributed by atoms with van der Waals surface area (Å²) in [6.07, 6.45) is 0.174.